The van der Waals surface area contributed by atoms with Gasteiger partial charge in [0, 0.05) is 11.1 Å². The number of hydrogen-bond donors (Lipinski definition) is 1. The van der Waals surface area contributed by atoms with Crippen molar-refractivity contribution in [2.75, 3.05) is 7.11 Å². The quantitative estimate of drug-likeness (QED) is 0.485. The summed E-state index contributed by atoms with van der Waals surface area (Å²) in [6.07, 6.45) is 0. The number of carbonyl (C=O) groups is 2. The third kappa shape index (κ3) is 3.46. The lowest BCUT2D eigenvalue weighted by Crippen LogP contribution is -2.09. The summed E-state index contributed by atoms with van der Waals surface area (Å²) in [5, 5.41) is 14.1. The van der Waals surface area contributed by atoms with Gasteiger partial charge in [-0.15, -0.1) is 0 Å². The fourth-order valence-electron chi connectivity index (χ4n) is 3.29. The summed E-state index contributed by atoms with van der Waals surface area (Å²) < 4.78 is 6.70. The fraction of sp³-hybridized carbons (Fsp3) is 0.0417. The van der Waals surface area contributed by atoms with Crippen LogP contribution in [0.3, 0.4) is 0 Å². The molecule has 6 nitrogen and oxygen atoms in total. The lowest BCUT2D eigenvalue weighted by molar-refractivity contribution is 0.0686. The van der Waals surface area contributed by atoms with Crippen molar-refractivity contribution in [3.63, 3.8) is 0 Å². The Bertz CT molecular complexity index is 1200. The molecule has 1 heterocycles. The molecule has 0 saturated carbocycles. The molecule has 0 aliphatic rings. The van der Waals surface area contributed by atoms with Crippen LogP contribution < -0.4 is 4.74 Å². The van der Waals surface area contributed by atoms with Gasteiger partial charge in [0.25, 0.3) is 0 Å². The molecule has 30 heavy (non-hydrogen) atoms. The number of aromatic carboxylic acids is 1. The number of methoxy groups -OCH3 is 1. The number of benzene rings is 3. The zero-order chi connectivity index (χ0) is 21.1. The molecule has 0 bridgehead atoms. The van der Waals surface area contributed by atoms with E-state index in [4.69, 9.17) is 4.74 Å². The van der Waals surface area contributed by atoms with Gasteiger partial charge in [-0.1, -0.05) is 60.7 Å². The molecule has 0 amide bonds. The van der Waals surface area contributed by atoms with Crippen molar-refractivity contribution in [2.45, 2.75) is 0 Å². The number of ether oxygens (including phenoxy) is 1. The number of ketones is 1. The maximum absolute atomic E-state index is 13.4. The van der Waals surface area contributed by atoms with Crippen molar-refractivity contribution in [1.82, 2.24) is 9.78 Å². The molecule has 0 unspecified atom stereocenters. The Hall–Kier alpha value is -4.19. The first kappa shape index (κ1) is 19.1. The van der Waals surface area contributed by atoms with E-state index in [1.54, 1.807) is 61.7 Å². The Morgan fingerprint density at radius 3 is 2.03 bits per heavy atom. The Labute approximate surface area is 173 Å². The second-order valence-electron chi connectivity index (χ2n) is 6.55. The number of nitrogens with zero attached hydrogens (tertiary/aromatic N) is 2. The molecule has 6 heteroatoms. The van der Waals surface area contributed by atoms with Crippen molar-refractivity contribution < 1.29 is 19.4 Å². The van der Waals surface area contributed by atoms with Crippen LogP contribution in [0.1, 0.15) is 26.4 Å². The van der Waals surface area contributed by atoms with E-state index in [-0.39, 0.29) is 11.3 Å². The molecule has 4 aromatic rings. The number of carboxylic acids is 1. The van der Waals surface area contributed by atoms with Crippen LogP contribution in [-0.2, 0) is 0 Å². The van der Waals surface area contributed by atoms with Crippen molar-refractivity contribution >= 4 is 11.8 Å². The maximum Gasteiger partial charge on any atom is 0.357 e. The molecule has 0 aliphatic carbocycles. The Kier molecular flexibility index (Phi) is 5.13. The van der Waals surface area contributed by atoms with Crippen molar-refractivity contribution in [3.05, 3.63) is 102 Å². The normalized spacial score (nSPS) is 10.6. The number of carboxylic acid groups (broad SMARTS) is 1. The van der Waals surface area contributed by atoms with Crippen molar-refractivity contribution in [1.29, 1.82) is 0 Å². The van der Waals surface area contributed by atoms with E-state index < -0.39 is 11.8 Å². The van der Waals surface area contributed by atoms with Crippen LogP contribution >= 0.6 is 0 Å². The highest BCUT2D eigenvalue weighted by atomic mass is 16.5. The fourth-order valence-corrected chi connectivity index (χ4v) is 3.29. The van der Waals surface area contributed by atoms with Gasteiger partial charge in [-0.3, -0.25) is 4.79 Å². The minimum Gasteiger partial charge on any atom is -0.497 e. The predicted molar refractivity (Wildman–Crippen MR) is 112 cm³/mol. The second-order valence-corrected chi connectivity index (χ2v) is 6.55. The van der Waals surface area contributed by atoms with Gasteiger partial charge in [-0.25, -0.2) is 9.48 Å². The van der Waals surface area contributed by atoms with Gasteiger partial charge in [-0.05, 0) is 24.3 Å². The molecule has 3 aromatic carbocycles. The summed E-state index contributed by atoms with van der Waals surface area (Å²) in [5.41, 5.74) is 1.88. The SMILES string of the molecule is COc1ccc(-n2nc(C(=O)O)c(C(=O)c3ccccc3)c2-c2ccccc2)cc1. The predicted octanol–water partition coefficient (Wildman–Crippen LogP) is 4.48. The van der Waals surface area contributed by atoms with Gasteiger partial charge in [0.2, 0.25) is 0 Å². The highest BCUT2D eigenvalue weighted by molar-refractivity contribution is 6.17. The third-order valence-electron chi connectivity index (χ3n) is 4.72. The molecule has 0 spiro atoms. The van der Waals surface area contributed by atoms with E-state index in [9.17, 15) is 14.7 Å². The minimum absolute atomic E-state index is 0.0516. The molecule has 1 N–H and O–H groups in total. The molecular formula is C24H18N2O4. The summed E-state index contributed by atoms with van der Waals surface area (Å²) in [5.74, 6) is -1.00. The molecule has 1 aromatic heterocycles. The van der Waals surface area contributed by atoms with Gasteiger partial charge in [0.1, 0.15) is 5.75 Å². The number of rotatable bonds is 6. The van der Waals surface area contributed by atoms with Crippen LogP contribution in [0.4, 0.5) is 0 Å². The van der Waals surface area contributed by atoms with Gasteiger partial charge < -0.3 is 9.84 Å². The van der Waals surface area contributed by atoms with Crippen LogP contribution in [0.5, 0.6) is 5.75 Å². The summed E-state index contributed by atoms with van der Waals surface area (Å²) in [6.45, 7) is 0. The first-order valence-electron chi connectivity index (χ1n) is 9.26. The molecule has 4 rings (SSSR count). The highest BCUT2D eigenvalue weighted by Crippen LogP contribution is 2.31. The monoisotopic (exact) mass is 398 g/mol. The summed E-state index contributed by atoms with van der Waals surface area (Å²) in [7, 11) is 1.57. The smallest absolute Gasteiger partial charge is 0.357 e. The topological polar surface area (TPSA) is 81.4 Å². The van der Waals surface area contributed by atoms with Gasteiger partial charge in [0.15, 0.2) is 11.5 Å². The molecule has 148 valence electrons. The second kappa shape index (κ2) is 8.05. The Morgan fingerprint density at radius 2 is 1.47 bits per heavy atom. The van der Waals surface area contributed by atoms with Crippen LogP contribution in [0, 0.1) is 0 Å². The Balaban J connectivity index is 2.01. The van der Waals surface area contributed by atoms with E-state index in [0.29, 0.717) is 28.3 Å². The first-order valence-corrected chi connectivity index (χ1v) is 9.26. The van der Waals surface area contributed by atoms with E-state index in [1.165, 1.54) is 4.68 Å². The van der Waals surface area contributed by atoms with E-state index in [1.807, 2.05) is 30.3 Å². The summed E-state index contributed by atoms with van der Waals surface area (Å²) in [6, 6.07) is 24.8. The highest BCUT2D eigenvalue weighted by Gasteiger charge is 2.29. The van der Waals surface area contributed by atoms with Crippen LogP contribution in [-0.4, -0.2) is 33.7 Å². The molecule has 0 atom stereocenters. The maximum atomic E-state index is 13.4. The standard InChI is InChI=1S/C24H18N2O4/c1-30-19-14-12-18(13-15-19)26-22(16-8-4-2-5-9-16)20(21(25-26)24(28)29)23(27)17-10-6-3-7-11-17/h2-15H,1H3,(H,28,29). The first-order chi connectivity index (χ1) is 14.6. The number of hydrogen-bond acceptors (Lipinski definition) is 4. The summed E-state index contributed by atoms with van der Waals surface area (Å²) >= 11 is 0. The van der Waals surface area contributed by atoms with E-state index in [0.717, 1.165) is 0 Å². The lowest BCUT2D eigenvalue weighted by atomic mass is 9.97. The van der Waals surface area contributed by atoms with Crippen LogP contribution in [0.2, 0.25) is 0 Å². The zero-order valence-electron chi connectivity index (χ0n) is 16.1. The molecule has 0 radical (unpaired) electrons. The van der Waals surface area contributed by atoms with Gasteiger partial charge >= 0.3 is 5.97 Å². The molecule has 0 aliphatic heterocycles. The van der Waals surface area contributed by atoms with Gasteiger partial charge in [-0.2, -0.15) is 5.10 Å². The van der Waals surface area contributed by atoms with Crippen LogP contribution in [0.25, 0.3) is 16.9 Å². The van der Waals surface area contributed by atoms with Crippen LogP contribution in [0.15, 0.2) is 84.9 Å². The number of aromatic nitrogens is 2. The molecule has 0 fully saturated rings. The zero-order valence-corrected chi connectivity index (χ0v) is 16.1. The summed E-state index contributed by atoms with van der Waals surface area (Å²) in [4.78, 5) is 25.4. The molecular weight excluding hydrogens is 380 g/mol. The van der Waals surface area contributed by atoms with Crippen molar-refractivity contribution in [3.8, 4) is 22.7 Å². The average molecular weight is 398 g/mol. The van der Waals surface area contributed by atoms with E-state index in [2.05, 4.69) is 5.10 Å². The largest absolute Gasteiger partial charge is 0.497 e. The minimum atomic E-state index is -1.27. The number of carbonyl (C=O) groups excluding carboxylic acids is 1. The van der Waals surface area contributed by atoms with Crippen molar-refractivity contribution in [2.24, 2.45) is 0 Å². The molecule has 0 saturated heterocycles. The Morgan fingerprint density at radius 1 is 0.867 bits per heavy atom. The lowest BCUT2D eigenvalue weighted by Gasteiger charge is -2.10. The van der Waals surface area contributed by atoms with E-state index >= 15 is 0 Å². The third-order valence-corrected chi connectivity index (χ3v) is 4.72. The average Bonchev–Trinajstić information content (AvgIpc) is 3.21. The van der Waals surface area contributed by atoms with Gasteiger partial charge in [0.05, 0.1) is 24.1 Å².